The van der Waals surface area contributed by atoms with Gasteiger partial charge in [0.2, 0.25) is 0 Å². The molecule has 0 saturated heterocycles. The van der Waals surface area contributed by atoms with Crippen molar-refractivity contribution in [2.45, 2.75) is 11.1 Å². The highest BCUT2D eigenvalue weighted by Crippen LogP contribution is 2.30. The van der Waals surface area contributed by atoms with E-state index in [0.29, 0.717) is 10.6 Å². The van der Waals surface area contributed by atoms with Gasteiger partial charge in [0.15, 0.2) is 0 Å². The fourth-order valence-corrected chi connectivity index (χ4v) is 2.52. The second kappa shape index (κ2) is 8.56. The van der Waals surface area contributed by atoms with E-state index in [0.717, 1.165) is 12.1 Å². The fourth-order valence-electron chi connectivity index (χ4n) is 1.79. The minimum absolute atomic E-state index is 0.0164. The lowest BCUT2D eigenvalue weighted by atomic mass is 10.2. The van der Waals surface area contributed by atoms with Crippen LogP contribution >= 0.6 is 11.8 Å². The number of thioether (sulfide) groups is 1. The van der Waals surface area contributed by atoms with E-state index >= 15 is 0 Å². The van der Waals surface area contributed by atoms with Crippen molar-refractivity contribution in [3.63, 3.8) is 0 Å². The van der Waals surface area contributed by atoms with Crippen LogP contribution in [0.4, 0.5) is 23.7 Å². The lowest BCUT2D eigenvalue weighted by Crippen LogP contribution is -2.12. The monoisotopic (exact) mass is 387 g/mol. The first-order chi connectivity index (χ1) is 12.3. The molecule has 0 heterocycles. The van der Waals surface area contributed by atoms with Crippen LogP contribution in [-0.2, 0) is 10.9 Å². The summed E-state index contributed by atoms with van der Waals surface area (Å²) in [5.74, 6) is 0.414. The van der Waals surface area contributed by atoms with Crippen molar-refractivity contribution in [2.75, 3.05) is 12.4 Å². The average Bonchev–Trinajstić information content (AvgIpc) is 2.59. The van der Waals surface area contributed by atoms with Crippen LogP contribution < -0.4 is 4.74 Å². The maximum atomic E-state index is 12.4. The number of rotatable bonds is 6. The van der Waals surface area contributed by atoms with E-state index in [1.54, 1.807) is 0 Å². The first-order valence-corrected chi connectivity index (χ1v) is 8.13. The van der Waals surface area contributed by atoms with E-state index in [1.807, 2.05) is 0 Å². The molecule has 0 aromatic heterocycles. The average molecular weight is 387 g/mol. The van der Waals surface area contributed by atoms with Crippen molar-refractivity contribution in [2.24, 2.45) is 0 Å². The minimum atomic E-state index is -4.38. The Kier molecular flexibility index (Phi) is 6.45. The first-order valence-electron chi connectivity index (χ1n) is 7.15. The summed E-state index contributed by atoms with van der Waals surface area (Å²) in [4.78, 5) is 22.0. The van der Waals surface area contributed by atoms with Crippen LogP contribution in [0.2, 0.25) is 0 Å². The second-order valence-electron chi connectivity index (χ2n) is 4.82. The maximum Gasteiger partial charge on any atom is 0.513 e. The van der Waals surface area contributed by atoms with E-state index in [-0.39, 0.29) is 18.0 Å². The molecule has 0 atom stereocenters. The Hall–Kier alpha value is -2.75. The number of nitro groups is 1. The van der Waals surface area contributed by atoms with Gasteiger partial charge < -0.3 is 9.47 Å². The number of hydrogen-bond acceptors (Lipinski definition) is 6. The molecule has 26 heavy (non-hydrogen) atoms. The quantitative estimate of drug-likeness (QED) is 0.175. The lowest BCUT2D eigenvalue weighted by molar-refractivity contribution is -0.384. The van der Waals surface area contributed by atoms with Crippen molar-refractivity contribution in [3.05, 3.63) is 64.2 Å². The molecule has 0 radical (unpaired) electrons. The predicted octanol–water partition coefficient (Wildman–Crippen LogP) is 4.92. The van der Waals surface area contributed by atoms with Crippen molar-refractivity contribution >= 4 is 23.6 Å². The van der Waals surface area contributed by atoms with Crippen molar-refractivity contribution in [3.8, 4) is 5.75 Å². The van der Waals surface area contributed by atoms with Gasteiger partial charge in [-0.15, -0.1) is 11.8 Å². The van der Waals surface area contributed by atoms with Gasteiger partial charge in [-0.25, -0.2) is 4.79 Å². The second-order valence-corrected chi connectivity index (χ2v) is 5.99. The largest absolute Gasteiger partial charge is 0.513 e. The van der Waals surface area contributed by atoms with Crippen LogP contribution in [-0.4, -0.2) is 23.4 Å². The molecule has 0 aliphatic heterocycles. The van der Waals surface area contributed by atoms with Gasteiger partial charge in [-0.2, -0.15) is 13.2 Å². The summed E-state index contributed by atoms with van der Waals surface area (Å²) in [6.07, 6.45) is -5.36. The van der Waals surface area contributed by atoms with E-state index < -0.39 is 22.8 Å². The Morgan fingerprint density at radius 1 is 1.08 bits per heavy atom. The molecule has 138 valence electrons. The van der Waals surface area contributed by atoms with Gasteiger partial charge in [0.1, 0.15) is 12.4 Å². The van der Waals surface area contributed by atoms with Gasteiger partial charge in [0.25, 0.3) is 5.69 Å². The molecule has 0 amide bonds. The third-order valence-electron chi connectivity index (χ3n) is 3.00. The molecule has 0 N–H and O–H groups in total. The number of carbonyl (C=O) groups excluding carboxylic acids is 1. The summed E-state index contributed by atoms with van der Waals surface area (Å²) >= 11 is 1.22. The molecule has 0 aliphatic rings. The molecular weight excluding hydrogens is 375 g/mol. The topological polar surface area (TPSA) is 78.7 Å². The summed E-state index contributed by atoms with van der Waals surface area (Å²) < 4.78 is 47.0. The number of ether oxygens (including phenoxy) is 2. The molecule has 0 unspecified atom stereocenters. The number of hydrogen-bond donors (Lipinski definition) is 0. The Labute approximate surface area is 150 Å². The number of halogens is 3. The molecule has 2 aromatic carbocycles. The molecule has 0 bridgehead atoms. The SMILES string of the molecule is O=C(OCCSc1ccc(C(F)(F)F)cc1)Oc1ccc([N+](=O)[O-])cc1. The van der Waals surface area contributed by atoms with Crippen LogP contribution in [0.1, 0.15) is 5.56 Å². The highest BCUT2D eigenvalue weighted by Gasteiger charge is 2.29. The van der Waals surface area contributed by atoms with E-state index in [1.165, 1.54) is 48.2 Å². The Bertz CT molecular complexity index is 763. The Morgan fingerprint density at radius 2 is 1.69 bits per heavy atom. The summed E-state index contributed by atoms with van der Waals surface area (Å²) in [5, 5.41) is 10.5. The number of benzene rings is 2. The molecule has 0 fully saturated rings. The molecule has 6 nitrogen and oxygen atoms in total. The summed E-state index contributed by atoms with van der Waals surface area (Å²) in [6, 6.07) is 9.52. The predicted molar refractivity (Wildman–Crippen MR) is 87.2 cm³/mol. The molecular formula is C16H12F3NO5S. The van der Waals surface area contributed by atoms with Gasteiger partial charge >= 0.3 is 12.3 Å². The number of carbonyl (C=O) groups is 1. The third kappa shape index (κ3) is 5.96. The molecule has 0 spiro atoms. The van der Waals surface area contributed by atoms with Gasteiger partial charge in [-0.1, -0.05) is 0 Å². The number of non-ortho nitro benzene ring substituents is 1. The summed E-state index contributed by atoms with van der Waals surface area (Å²) in [7, 11) is 0. The highest BCUT2D eigenvalue weighted by atomic mass is 32.2. The van der Waals surface area contributed by atoms with Gasteiger partial charge in [-0.05, 0) is 36.4 Å². The molecule has 0 saturated carbocycles. The fraction of sp³-hybridized carbons (Fsp3) is 0.188. The lowest BCUT2D eigenvalue weighted by Gasteiger charge is -2.08. The maximum absolute atomic E-state index is 12.4. The zero-order chi connectivity index (χ0) is 19.2. The smallest absolute Gasteiger partial charge is 0.433 e. The zero-order valence-corrected chi connectivity index (χ0v) is 13.9. The van der Waals surface area contributed by atoms with E-state index in [9.17, 15) is 28.1 Å². The van der Waals surface area contributed by atoms with Crippen LogP contribution in [0.15, 0.2) is 53.4 Å². The van der Waals surface area contributed by atoms with Crippen molar-refractivity contribution in [1.29, 1.82) is 0 Å². The van der Waals surface area contributed by atoms with Crippen molar-refractivity contribution < 1.29 is 32.4 Å². The first kappa shape index (κ1) is 19.6. The van der Waals surface area contributed by atoms with E-state index in [2.05, 4.69) is 0 Å². The van der Waals surface area contributed by atoms with Gasteiger partial charge in [0, 0.05) is 22.8 Å². The molecule has 0 aliphatic carbocycles. The Morgan fingerprint density at radius 3 is 2.23 bits per heavy atom. The van der Waals surface area contributed by atoms with Gasteiger partial charge in [0.05, 0.1) is 10.5 Å². The summed E-state index contributed by atoms with van der Waals surface area (Å²) in [6.45, 7) is -0.0164. The van der Waals surface area contributed by atoms with Crippen LogP contribution in [0.25, 0.3) is 0 Å². The number of alkyl halides is 3. The normalized spacial score (nSPS) is 11.0. The molecule has 2 aromatic rings. The van der Waals surface area contributed by atoms with Crippen LogP contribution in [0.3, 0.4) is 0 Å². The zero-order valence-electron chi connectivity index (χ0n) is 13.1. The van der Waals surface area contributed by atoms with Crippen molar-refractivity contribution in [1.82, 2.24) is 0 Å². The van der Waals surface area contributed by atoms with Crippen LogP contribution in [0.5, 0.6) is 5.75 Å². The number of nitrogens with zero attached hydrogens (tertiary/aromatic N) is 1. The van der Waals surface area contributed by atoms with Gasteiger partial charge in [-0.3, -0.25) is 10.1 Å². The highest BCUT2D eigenvalue weighted by molar-refractivity contribution is 7.99. The third-order valence-corrected chi connectivity index (χ3v) is 3.98. The molecule has 10 heteroatoms. The minimum Gasteiger partial charge on any atom is -0.433 e. The van der Waals surface area contributed by atoms with E-state index in [4.69, 9.17) is 9.47 Å². The Balaban J connectivity index is 1.72. The number of nitro benzene ring substituents is 1. The van der Waals surface area contributed by atoms with Crippen LogP contribution in [0, 0.1) is 10.1 Å². The standard InChI is InChI=1S/C16H12F3NO5S/c17-16(18,19)11-1-7-14(8-2-11)26-10-9-24-15(21)25-13-5-3-12(4-6-13)20(22)23/h1-8H,9-10H2. The molecule has 2 rings (SSSR count). The summed E-state index contributed by atoms with van der Waals surface area (Å²) in [5.41, 5.74) is -0.872.